The maximum Gasteiger partial charge on any atom is 0.147 e. The van der Waals surface area contributed by atoms with E-state index in [1.807, 2.05) is 30.3 Å². The van der Waals surface area contributed by atoms with Gasteiger partial charge in [0.15, 0.2) is 0 Å². The van der Waals surface area contributed by atoms with E-state index < -0.39 is 0 Å². The largest absolute Gasteiger partial charge is 0.354 e. The van der Waals surface area contributed by atoms with Crippen LogP contribution < -0.4 is 10.2 Å². The van der Waals surface area contributed by atoms with E-state index in [1.54, 1.807) is 0 Å². The van der Waals surface area contributed by atoms with Gasteiger partial charge in [-0.3, -0.25) is 0 Å². The Bertz CT molecular complexity index is 622. The molecule has 1 aliphatic heterocycles. The van der Waals surface area contributed by atoms with E-state index in [9.17, 15) is 5.26 Å². The van der Waals surface area contributed by atoms with E-state index in [4.69, 9.17) is 0 Å². The van der Waals surface area contributed by atoms with Gasteiger partial charge in [-0.25, -0.2) is 4.98 Å². The van der Waals surface area contributed by atoms with Gasteiger partial charge in [-0.15, -0.1) is 0 Å². The molecule has 96 valence electrons. The average molecular weight is 252 g/mol. The van der Waals surface area contributed by atoms with Crippen molar-refractivity contribution in [3.05, 3.63) is 35.9 Å². The van der Waals surface area contributed by atoms with Gasteiger partial charge in [-0.2, -0.15) is 5.26 Å². The fourth-order valence-electron chi connectivity index (χ4n) is 2.49. The highest BCUT2D eigenvalue weighted by molar-refractivity contribution is 5.83. The van der Waals surface area contributed by atoms with Crippen molar-refractivity contribution in [1.82, 2.24) is 10.3 Å². The smallest absolute Gasteiger partial charge is 0.147 e. The Morgan fingerprint density at radius 3 is 3.00 bits per heavy atom. The van der Waals surface area contributed by atoms with E-state index in [0.717, 1.165) is 49.3 Å². The maximum atomic E-state index is 9.35. The number of anilines is 1. The lowest BCUT2D eigenvalue weighted by molar-refractivity contribution is 0.724. The maximum absolute atomic E-state index is 9.35. The monoisotopic (exact) mass is 252 g/mol. The van der Waals surface area contributed by atoms with Crippen molar-refractivity contribution in [3.63, 3.8) is 0 Å². The minimum absolute atomic E-state index is 0.667. The molecule has 1 aromatic carbocycles. The first kappa shape index (κ1) is 11.9. The summed E-state index contributed by atoms with van der Waals surface area (Å²) in [4.78, 5) is 6.90. The predicted octanol–water partition coefficient (Wildman–Crippen LogP) is 1.91. The first-order chi connectivity index (χ1) is 9.38. The molecule has 2 heterocycles. The number of pyridine rings is 1. The summed E-state index contributed by atoms with van der Waals surface area (Å²) in [6.45, 7) is 3.83. The fourth-order valence-corrected chi connectivity index (χ4v) is 2.49. The molecule has 1 N–H and O–H groups in total. The Hall–Kier alpha value is -2.12. The zero-order chi connectivity index (χ0) is 13.1. The SMILES string of the molecule is N#Cc1cc2ccccc2nc1N1CCCNCC1. The van der Waals surface area contributed by atoms with Crippen LogP contribution >= 0.6 is 0 Å². The van der Waals surface area contributed by atoms with Crippen LogP contribution in [0, 0.1) is 11.3 Å². The fraction of sp³-hybridized carbons (Fsp3) is 0.333. The molecule has 0 bridgehead atoms. The minimum atomic E-state index is 0.667. The van der Waals surface area contributed by atoms with Gasteiger partial charge >= 0.3 is 0 Å². The summed E-state index contributed by atoms with van der Waals surface area (Å²) >= 11 is 0. The lowest BCUT2D eigenvalue weighted by atomic mass is 10.1. The Kier molecular flexibility index (Phi) is 3.30. The van der Waals surface area contributed by atoms with Crippen LogP contribution in [-0.4, -0.2) is 31.2 Å². The number of fused-ring (bicyclic) bond motifs is 1. The summed E-state index contributed by atoms with van der Waals surface area (Å²) < 4.78 is 0. The van der Waals surface area contributed by atoms with Crippen molar-refractivity contribution in [2.45, 2.75) is 6.42 Å². The number of benzene rings is 1. The normalized spacial score (nSPS) is 16.1. The molecule has 0 atom stereocenters. The van der Waals surface area contributed by atoms with Gasteiger partial charge < -0.3 is 10.2 Å². The van der Waals surface area contributed by atoms with Gasteiger partial charge in [0, 0.05) is 25.0 Å². The first-order valence-electron chi connectivity index (χ1n) is 6.64. The summed E-state index contributed by atoms with van der Waals surface area (Å²) in [7, 11) is 0. The number of nitrogens with one attached hydrogen (secondary N) is 1. The number of rotatable bonds is 1. The van der Waals surface area contributed by atoms with Gasteiger partial charge in [-0.1, -0.05) is 18.2 Å². The number of nitrogens with zero attached hydrogens (tertiary/aromatic N) is 3. The zero-order valence-electron chi connectivity index (χ0n) is 10.8. The summed E-state index contributed by atoms with van der Waals surface area (Å²) in [6.07, 6.45) is 1.08. The molecule has 1 fully saturated rings. The molecule has 0 amide bonds. The molecule has 0 aliphatic carbocycles. The molecule has 0 saturated carbocycles. The molecule has 0 radical (unpaired) electrons. The minimum Gasteiger partial charge on any atom is -0.354 e. The van der Waals surface area contributed by atoms with E-state index in [2.05, 4.69) is 21.3 Å². The quantitative estimate of drug-likeness (QED) is 0.842. The van der Waals surface area contributed by atoms with Crippen LogP contribution in [0.15, 0.2) is 30.3 Å². The number of para-hydroxylation sites is 1. The van der Waals surface area contributed by atoms with E-state index in [1.165, 1.54) is 0 Å². The lowest BCUT2D eigenvalue weighted by Crippen LogP contribution is -2.29. The van der Waals surface area contributed by atoms with Crippen LogP contribution in [0.2, 0.25) is 0 Å². The molecule has 19 heavy (non-hydrogen) atoms. The van der Waals surface area contributed by atoms with Gasteiger partial charge in [0.1, 0.15) is 11.9 Å². The van der Waals surface area contributed by atoms with Crippen LogP contribution in [0.5, 0.6) is 0 Å². The molecule has 1 saturated heterocycles. The topological polar surface area (TPSA) is 52.0 Å². The van der Waals surface area contributed by atoms with Crippen LogP contribution in [0.25, 0.3) is 10.9 Å². The molecular weight excluding hydrogens is 236 g/mol. The van der Waals surface area contributed by atoms with Crippen molar-refractivity contribution in [2.75, 3.05) is 31.1 Å². The number of aromatic nitrogens is 1. The molecule has 3 rings (SSSR count). The van der Waals surface area contributed by atoms with Gasteiger partial charge in [-0.05, 0) is 25.1 Å². The molecule has 0 unspecified atom stereocenters. The Morgan fingerprint density at radius 1 is 1.21 bits per heavy atom. The van der Waals surface area contributed by atoms with Crippen molar-refractivity contribution < 1.29 is 0 Å². The van der Waals surface area contributed by atoms with Gasteiger partial charge in [0.2, 0.25) is 0 Å². The number of nitriles is 1. The summed E-state index contributed by atoms with van der Waals surface area (Å²) in [5.41, 5.74) is 1.62. The average Bonchev–Trinajstić information content (AvgIpc) is 2.74. The molecule has 1 aliphatic rings. The van der Waals surface area contributed by atoms with E-state index in [0.29, 0.717) is 5.56 Å². The molecular formula is C15H16N4. The van der Waals surface area contributed by atoms with Crippen molar-refractivity contribution in [3.8, 4) is 6.07 Å². The third-order valence-electron chi connectivity index (χ3n) is 3.46. The van der Waals surface area contributed by atoms with Crippen molar-refractivity contribution >= 4 is 16.7 Å². The van der Waals surface area contributed by atoms with Crippen LogP contribution in [-0.2, 0) is 0 Å². The lowest BCUT2D eigenvalue weighted by Gasteiger charge is -2.22. The van der Waals surface area contributed by atoms with Crippen LogP contribution in [0.3, 0.4) is 0 Å². The molecule has 2 aromatic rings. The molecule has 4 nitrogen and oxygen atoms in total. The van der Waals surface area contributed by atoms with Gasteiger partial charge in [0.05, 0.1) is 11.1 Å². The Morgan fingerprint density at radius 2 is 2.11 bits per heavy atom. The highest BCUT2D eigenvalue weighted by Gasteiger charge is 2.15. The number of hydrogen-bond donors (Lipinski definition) is 1. The zero-order valence-corrected chi connectivity index (χ0v) is 10.8. The Balaban J connectivity index is 2.08. The Labute approximate surface area is 112 Å². The van der Waals surface area contributed by atoms with Gasteiger partial charge in [0.25, 0.3) is 0 Å². The summed E-state index contributed by atoms with van der Waals surface area (Å²) in [6, 6.07) is 12.2. The number of hydrogen-bond acceptors (Lipinski definition) is 4. The molecule has 1 aromatic heterocycles. The highest BCUT2D eigenvalue weighted by atomic mass is 15.2. The van der Waals surface area contributed by atoms with E-state index >= 15 is 0 Å². The molecule has 4 heteroatoms. The van der Waals surface area contributed by atoms with Crippen LogP contribution in [0.4, 0.5) is 5.82 Å². The van der Waals surface area contributed by atoms with E-state index in [-0.39, 0.29) is 0 Å². The summed E-state index contributed by atoms with van der Waals surface area (Å²) in [5, 5.41) is 13.7. The predicted molar refractivity (Wildman–Crippen MR) is 76.2 cm³/mol. The third-order valence-corrected chi connectivity index (χ3v) is 3.46. The molecule has 0 spiro atoms. The second kappa shape index (κ2) is 5.25. The standard InChI is InChI=1S/C15H16N4/c16-11-13-10-12-4-1-2-5-14(12)18-15(13)19-8-3-6-17-7-9-19/h1-2,4-5,10,17H,3,6-9H2. The first-order valence-corrected chi connectivity index (χ1v) is 6.64. The third kappa shape index (κ3) is 2.38. The van der Waals surface area contributed by atoms with Crippen molar-refractivity contribution in [1.29, 1.82) is 5.26 Å². The second-order valence-corrected chi connectivity index (χ2v) is 4.75. The van der Waals surface area contributed by atoms with Crippen molar-refractivity contribution in [2.24, 2.45) is 0 Å². The van der Waals surface area contributed by atoms with Crippen LogP contribution in [0.1, 0.15) is 12.0 Å². The second-order valence-electron chi connectivity index (χ2n) is 4.75. The summed E-state index contributed by atoms with van der Waals surface area (Å²) in [5.74, 6) is 0.824. The highest BCUT2D eigenvalue weighted by Crippen LogP contribution is 2.23.